The highest BCUT2D eigenvalue weighted by atomic mass is 33.5. The second-order valence-corrected chi connectivity index (χ2v) is 10.6. The fraction of sp³-hybridized carbons (Fsp3) is 0.714. The van der Waals surface area contributed by atoms with Gasteiger partial charge in [0.2, 0.25) is 0 Å². The first-order valence-electron chi connectivity index (χ1n) is 6.85. The monoisotopic (exact) mass is 330 g/mol. The molecule has 1 saturated heterocycles. The van der Waals surface area contributed by atoms with Crippen LogP contribution < -0.4 is 0 Å². The lowest BCUT2D eigenvalue weighted by atomic mass is 9.63. The molecule has 3 rings (SSSR count). The zero-order chi connectivity index (χ0) is 14.5. The number of ether oxygens (including phenoxy) is 1. The van der Waals surface area contributed by atoms with E-state index in [-0.39, 0.29) is 23.1 Å². The van der Waals surface area contributed by atoms with E-state index in [1.165, 1.54) is 16.4 Å². The number of esters is 1. The van der Waals surface area contributed by atoms with Gasteiger partial charge in [-0.15, -0.1) is 0 Å². The fourth-order valence-corrected chi connectivity index (χ4v) is 9.04. The summed E-state index contributed by atoms with van der Waals surface area (Å²) in [5, 5.41) is 0.411. The molecule has 3 nitrogen and oxygen atoms in total. The molecular weight excluding hydrogens is 312 g/mol. The molecule has 0 unspecified atom stereocenters. The van der Waals surface area contributed by atoms with Gasteiger partial charge in [-0.3, -0.25) is 9.59 Å². The average Bonchev–Trinajstić information content (AvgIpc) is 2.67. The van der Waals surface area contributed by atoms with Gasteiger partial charge in [0.1, 0.15) is 0 Å². The van der Waals surface area contributed by atoms with Crippen LogP contribution in [0.25, 0.3) is 0 Å². The summed E-state index contributed by atoms with van der Waals surface area (Å²) >= 11 is 0. The van der Waals surface area contributed by atoms with Crippen LogP contribution in [0.1, 0.15) is 33.6 Å². The maximum Gasteiger partial charge on any atom is 0.331 e. The second kappa shape index (κ2) is 4.99. The van der Waals surface area contributed by atoms with Gasteiger partial charge in [0, 0.05) is 17.6 Å². The van der Waals surface area contributed by atoms with Gasteiger partial charge in [-0.1, -0.05) is 47.1 Å². The predicted octanol–water partition coefficient (Wildman–Crippen LogP) is 3.65. The Morgan fingerprint density at radius 2 is 2.25 bits per heavy atom. The van der Waals surface area contributed by atoms with E-state index >= 15 is 0 Å². The van der Waals surface area contributed by atoms with Crippen molar-refractivity contribution in [2.24, 2.45) is 11.3 Å². The van der Waals surface area contributed by atoms with Gasteiger partial charge in [-0.25, -0.2) is 0 Å². The molecule has 1 heterocycles. The summed E-state index contributed by atoms with van der Waals surface area (Å²) in [7, 11) is 4.76. The molecule has 2 fully saturated rings. The van der Waals surface area contributed by atoms with E-state index in [0.717, 1.165) is 6.42 Å². The number of ketones is 1. The minimum absolute atomic E-state index is 0.00954. The molecule has 0 radical (unpaired) electrons. The number of fused-ring (bicyclic) bond motifs is 1. The summed E-state index contributed by atoms with van der Waals surface area (Å²) in [6.07, 6.45) is 3.61. The van der Waals surface area contributed by atoms with E-state index in [2.05, 4.69) is 19.9 Å². The molecule has 1 saturated carbocycles. The Hall–Kier alpha value is -0.0700. The van der Waals surface area contributed by atoms with E-state index < -0.39 is 4.75 Å². The van der Waals surface area contributed by atoms with Crippen molar-refractivity contribution in [2.75, 3.05) is 6.61 Å². The Morgan fingerprint density at radius 3 is 2.95 bits per heavy atom. The lowest BCUT2D eigenvalue weighted by Gasteiger charge is -2.45. The maximum atomic E-state index is 12.8. The molecule has 2 bridgehead atoms. The van der Waals surface area contributed by atoms with Crippen LogP contribution in [0.3, 0.4) is 0 Å². The highest BCUT2D eigenvalue weighted by Gasteiger charge is 2.63. The number of hydrogen-bond donors (Lipinski definition) is 0. The molecule has 0 spiro atoms. The summed E-state index contributed by atoms with van der Waals surface area (Å²) in [6, 6.07) is 0. The van der Waals surface area contributed by atoms with Crippen LogP contribution in [0.15, 0.2) is 11.6 Å². The second-order valence-electron chi connectivity index (χ2n) is 6.14. The van der Waals surface area contributed by atoms with E-state index in [0.29, 0.717) is 18.3 Å². The van der Waals surface area contributed by atoms with Crippen molar-refractivity contribution in [3.8, 4) is 0 Å². The molecule has 20 heavy (non-hydrogen) atoms. The van der Waals surface area contributed by atoms with Crippen LogP contribution in [0.5, 0.6) is 0 Å². The van der Waals surface area contributed by atoms with Crippen LogP contribution >= 0.6 is 31.4 Å². The van der Waals surface area contributed by atoms with E-state index in [4.69, 9.17) is 4.74 Å². The molecule has 0 aromatic heterocycles. The quantitative estimate of drug-likeness (QED) is 0.333. The fourth-order valence-electron chi connectivity index (χ4n) is 3.48. The Balaban J connectivity index is 2.10. The van der Waals surface area contributed by atoms with Crippen molar-refractivity contribution in [1.29, 1.82) is 0 Å². The van der Waals surface area contributed by atoms with Crippen molar-refractivity contribution in [3.05, 3.63) is 11.6 Å². The van der Waals surface area contributed by atoms with Crippen molar-refractivity contribution in [3.63, 3.8) is 0 Å². The summed E-state index contributed by atoms with van der Waals surface area (Å²) in [5.74, 6) is -0.281. The van der Waals surface area contributed by atoms with Crippen molar-refractivity contribution in [2.45, 2.75) is 43.6 Å². The highest BCUT2D eigenvalue weighted by Crippen LogP contribution is 2.65. The topological polar surface area (TPSA) is 43.4 Å². The SMILES string of the molecule is CCOC(=O)[C@]12SSS[C@@H]3C=C([C@H]1C3)C(C)(C)CC2=O. The molecule has 3 atom stereocenters. The average molecular weight is 330 g/mol. The van der Waals surface area contributed by atoms with E-state index in [1.807, 2.05) is 0 Å². The predicted molar refractivity (Wildman–Crippen MR) is 85.5 cm³/mol. The lowest BCUT2D eigenvalue weighted by molar-refractivity contribution is -0.152. The van der Waals surface area contributed by atoms with Crippen LogP contribution in [0, 0.1) is 11.3 Å². The van der Waals surface area contributed by atoms with Crippen LogP contribution in [-0.2, 0) is 14.3 Å². The highest BCUT2D eigenvalue weighted by molar-refractivity contribution is 9.10. The van der Waals surface area contributed by atoms with Gasteiger partial charge in [0.25, 0.3) is 0 Å². The number of Topliss-reactive ketones (excluding diaryl/α,β-unsaturated/α-hetero) is 1. The van der Waals surface area contributed by atoms with E-state index in [9.17, 15) is 9.59 Å². The zero-order valence-electron chi connectivity index (χ0n) is 11.8. The molecule has 1 aliphatic heterocycles. The molecule has 0 amide bonds. The molecule has 3 aliphatic rings. The van der Waals surface area contributed by atoms with Crippen LogP contribution in [-0.4, -0.2) is 28.4 Å². The van der Waals surface area contributed by atoms with Crippen LogP contribution in [0.2, 0.25) is 0 Å². The number of hydrogen-bond acceptors (Lipinski definition) is 6. The Morgan fingerprint density at radius 1 is 1.50 bits per heavy atom. The standard InChI is InChI=1S/C14H18O3S3/c1-4-17-12(16)14-10-6-8(18-20-19-14)5-9(10)13(2,3)7-11(14)15/h5,8,10H,4,6-7H2,1-3H3/t8-,10-,14+/m1/s1. The van der Waals surface area contributed by atoms with E-state index in [1.54, 1.807) is 27.5 Å². The number of rotatable bonds is 2. The number of carbonyl (C=O) groups excluding carboxylic acids is 2. The van der Waals surface area contributed by atoms with Gasteiger partial charge in [0.15, 0.2) is 10.5 Å². The maximum absolute atomic E-state index is 12.8. The Kier molecular flexibility index (Phi) is 3.70. The normalized spacial score (nSPS) is 38.1. The third-order valence-electron chi connectivity index (χ3n) is 4.40. The minimum Gasteiger partial charge on any atom is -0.465 e. The number of allylic oxidation sites excluding steroid dienone is 1. The first-order chi connectivity index (χ1) is 9.41. The first-order valence-corrected chi connectivity index (χ1v) is 10.4. The summed E-state index contributed by atoms with van der Waals surface area (Å²) < 4.78 is 4.26. The molecule has 6 heteroatoms. The third kappa shape index (κ3) is 1.98. The van der Waals surface area contributed by atoms with Crippen molar-refractivity contribution < 1.29 is 14.3 Å². The van der Waals surface area contributed by atoms with Gasteiger partial charge >= 0.3 is 5.97 Å². The first kappa shape index (κ1) is 14.9. The van der Waals surface area contributed by atoms with Crippen molar-refractivity contribution >= 4 is 43.2 Å². The smallest absolute Gasteiger partial charge is 0.331 e. The summed E-state index contributed by atoms with van der Waals surface area (Å²) in [6.45, 7) is 6.35. The zero-order valence-corrected chi connectivity index (χ0v) is 14.3. The largest absolute Gasteiger partial charge is 0.465 e. The van der Waals surface area contributed by atoms with Gasteiger partial charge in [-0.05, 0) is 28.6 Å². The molecule has 0 N–H and O–H groups in total. The Bertz CT molecular complexity index is 500. The van der Waals surface area contributed by atoms with Gasteiger partial charge < -0.3 is 4.74 Å². The summed E-state index contributed by atoms with van der Waals surface area (Å²) in [4.78, 5) is 25.4. The van der Waals surface area contributed by atoms with Crippen molar-refractivity contribution in [1.82, 2.24) is 0 Å². The summed E-state index contributed by atoms with van der Waals surface area (Å²) in [5.41, 5.74) is 1.16. The van der Waals surface area contributed by atoms with Crippen LogP contribution in [0.4, 0.5) is 0 Å². The van der Waals surface area contributed by atoms with Gasteiger partial charge in [-0.2, -0.15) is 0 Å². The minimum atomic E-state index is -1.01. The molecular formula is C14H18O3S3. The Labute approximate surface area is 130 Å². The molecule has 110 valence electrons. The third-order valence-corrected chi connectivity index (χ3v) is 9.36. The van der Waals surface area contributed by atoms with Gasteiger partial charge in [0.05, 0.1) is 6.61 Å². The number of carbonyl (C=O) groups is 2. The molecule has 0 aromatic carbocycles. The molecule has 2 aliphatic carbocycles. The molecule has 0 aromatic rings. The lowest BCUT2D eigenvalue weighted by Crippen LogP contribution is -2.56.